The summed E-state index contributed by atoms with van der Waals surface area (Å²) in [6.07, 6.45) is 0. The molecular formula is C21H12N3O3-. The standard InChI is InChI=1S/C21H13N3O3/c25-20-16-14-10-6-2-4-8-12(10)23-18(14)17-13(15(16)19(24-20)21(26)27)9-5-1-3-7-11(9)22-17/h1-8,19,22-23H,(H,24,25)(H,26,27)/p-1. The molecule has 0 saturated carbocycles. The lowest BCUT2D eigenvalue weighted by molar-refractivity contribution is -0.308. The lowest BCUT2D eigenvalue weighted by atomic mass is 9.94. The third-order valence-corrected chi connectivity index (χ3v) is 5.48. The molecule has 5 aromatic rings. The molecule has 6 heteroatoms. The van der Waals surface area contributed by atoms with Crippen LogP contribution in [0.5, 0.6) is 0 Å². The Labute approximate surface area is 151 Å². The van der Waals surface area contributed by atoms with Crippen molar-refractivity contribution < 1.29 is 14.7 Å². The molecule has 27 heavy (non-hydrogen) atoms. The van der Waals surface area contributed by atoms with Crippen molar-refractivity contribution in [2.24, 2.45) is 0 Å². The molecule has 1 aliphatic rings. The van der Waals surface area contributed by atoms with Crippen molar-refractivity contribution in [3.63, 3.8) is 0 Å². The summed E-state index contributed by atoms with van der Waals surface area (Å²) in [5, 5.41) is 17.6. The number of aliphatic carboxylic acids is 1. The number of carbonyl (C=O) groups excluding carboxylic acids is 2. The second-order valence-corrected chi connectivity index (χ2v) is 6.86. The minimum atomic E-state index is -1.31. The lowest BCUT2D eigenvalue weighted by Gasteiger charge is -2.14. The largest absolute Gasteiger partial charge is 0.548 e. The number of nitrogens with one attached hydrogen (secondary N) is 3. The Morgan fingerprint density at radius 1 is 0.852 bits per heavy atom. The predicted molar refractivity (Wildman–Crippen MR) is 100 cm³/mol. The van der Waals surface area contributed by atoms with Gasteiger partial charge in [0.2, 0.25) is 0 Å². The Hall–Kier alpha value is -3.80. The van der Waals surface area contributed by atoms with Crippen LogP contribution in [0.3, 0.4) is 0 Å². The molecule has 0 bridgehead atoms. The van der Waals surface area contributed by atoms with E-state index in [0.717, 1.165) is 43.6 Å². The Morgan fingerprint density at radius 3 is 2.04 bits per heavy atom. The first-order valence-corrected chi connectivity index (χ1v) is 8.63. The summed E-state index contributed by atoms with van der Waals surface area (Å²) in [4.78, 5) is 31.4. The fourth-order valence-corrected chi connectivity index (χ4v) is 4.43. The zero-order valence-electron chi connectivity index (χ0n) is 13.9. The highest BCUT2D eigenvalue weighted by Crippen LogP contribution is 2.44. The maximum Gasteiger partial charge on any atom is 0.253 e. The van der Waals surface area contributed by atoms with Crippen LogP contribution >= 0.6 is 0 Å². The number of carboxylic acids is 1. The molecule has 3 heterocycles. The van der Waals surface area contributed by atoms with E-state index in [1.54, 1.807) is 0 Å². The Kier molecular flexibility index (Phi) is 2.49. The maximum atomic E-state index is 12.8. The van der Waals surface area contributed by atoms with Gasteiger partial charge in [-0.2, -0.15) is 0 Å². The first-order chi connectivity index (χ1) is 13.1. The van der Waals surface area contributed by atoms with Gasteiger partial charge in [-0.25, -0.2) is 0 Å². The molecule has 0 fully saturated rings. The van der Waals surface area contributed by atoms with Crippen LogP contribution in [0.15, 0.2) is 48.5 Å². The number of para-hydroxylation sites is 2. The van der Waals surface area contributed by atoms with E-state index in [1.165, 1.54) is 0 Å². The van der Waals surface area contributed by atoms with Crippen LogP contribution in [-0.4, -0.2) is 21.8 Å². The van der Waals surface area contributed by atoms with Crippen molar-refractivity contribution >= 4 is 55.5 Å². The third-order valence-electron chi connectivity index (χ3n) is 5.48. The van der Waals surface area contributed by atoms with E-state index in [4.69, 9.17) is 0 Å². The van der Waals surface area contributed by atoms with Crippen LogP contribution in [0.4, 0.5) is 0 Å². The molecule has 1 atom stereocenters. The number of hydrogen-bond acceptors (Lipinski definition) is 3. The monoisotopic (exact) mass is 354 g/mol. The number of hydrogen-bond donors (Lipinski definition) is 3. The molecule has 0 aliphatic carbocycles. The van der Waals surface area contributed by atoms with E-state index >= 15 is 0 Å². The number of aromatic nitrogens is 2. The lowest BCUT2D eigenvalue weighted by Crippen LogP contribution is -2.36. The number of aromatic amines is 2. The first kappa shape index (κ1) is 14.4. The van der Waals surface area contributed by atoms with Gasteiger partial charge in [-0.3, -0.25) is 4.79 Å². The smallest absolute Gasteiger partial charge is 0.253 e. The number of benzene rings is 3. The van der Waals surface area contributed by atoms with Crippen molar-refractivity contribution in [1.82, 2.24) is 15.3 Å². The molecule has 6 nitrogen and oxygen atoms in total. The topological polar surface area (TPSA) is 101 Å². The zero-order chi connectivity index (χ0) is 18.3. The van der Waals surface area contributed by atoms with E-state index < -0.39 is 12.0 Å². The number of fused-ring (bicyclic) bond motifs is 10. The van der Waals surface area contributed by atoms with E-state index in [2.05, 4.69) is 15.3 Å². The van der Waals surface area contributed by atoms with Gasteiger partial charge in [0, 0.05) is 38.1 Å². The van der Waals surface area contributed by atoms with Crippen molar-refractivity contribution in [2.75, 3.05) is 0 Å². The molecule has 1 unspecified atom stereocenters. The minimum Gasteiger partial charge on any atom is -0.548 e. The van der Waals surface area contributed by atoms with Crippen LogP contribution in [0, 0.1) is 0 Å². The van der Waals surface area contributed by atoms with E-state index in [0.29, 0.717) is 11.1 Å². The average molecular weight is 354 g/mol. The molecule has 0 saturated heterocycles. The fraction of sp³-hybridized carbons (Fsp3) is 0.0476. The van der Waals surface area contributed by atoms with Crippen LogP contribution in [-0.2, 0) is 4.79 Å². The van der Waals surface area contributed by atoms with Gasteiger partial charge in [-0.1, -0.05) is 36.4 Å². The highest BCUT2D eigenvalue weighted by molar-refractivity contribution is 6.31. The maximum absolute atomic E-state index is 12.8. The molecule has 130 valence electrons. The summed E-state index contributed by atoms with van der Waals surface area (Å²) < 4.78 is 0. The van der Waals surface area contributed by atoms with E-state index in [-0.39, 0.29) is 5.91 Å². The molecule has 1 aliphatic heterocycles. The Bertz CT molecular complexity index is 1460. The number of rotatable bonds is 1. The van der Waals surface area contributed by atoms with Gasteiger partial charge in [-0.15, -0.1) is 0 Å². The molecule has 1 amide bonds. The molecule has 0 spiro atoms. The average Bonchev–Trinajstić information content (AvgIpc) is 3.32. The van der Waals surface area contributed by atoms with Crippen LogP contribution in [0.1, 0.15) is 22.0 Å². The SMILES string of the molecule is O=C1NC(C(=O)[O-])c2c1c1c3ccccc3[nH]c1c1[nH]c3ccccc3c21. The summed E-state index contributed by atoms with van der Waals surface area (Å²) in [7, 11) is 0. The number of carbonyl (C=O) groups is 2. The molecule has 6 rings (SSSR count). The normalized spacial score (nSPS) is 16.4. The minimum absolute atomic E-state index is 0.388. The van der Waals surface area contributed by atoms with E-state index in [9.17, 15) is 14.7 Å². The van der Waals surface area contributed by atoms with Crippen molar-refractivity contribution in [2.45, 2.75) is 6.04 Å². The molecular weight excluding hydrogens is 342 g/mol. The van der Waals surface area contributed by atoms with Crippen molar-refractivity contribution in [3.05, 3.63) is 59.7 Å². The number of carboxylic acid groups (broad SMARTS) is 1. The van der Waals surface area contributed by atoms with Gasteiger partial charge in [0.15, 0.2) is 0 Å². The predicted octanol–water partition coefficient (Wildman–Crippen LogP) is 2.49. The third kappa shape index (κ3) is 1.65. The number of H-pyrrole nitrogens is 2. The summed E-state index contributed by atoms with van der Waals surface area (Å²) in [6, 6.07) is 14.2. The first-order valence-electron chi connectivity index (χ1n) is 8.63. The number of amides is 1. The van der Waals surface area contributed by atoms with Gasteiger partial charge in [0.05, 0.1) is 28.6 Å². The van der Waals surface area contributed by atoms with Gasteiger partial charge in [0.1, 0.15) is 0 Å². The summed E-state index contributed by atoms with van der Waals surface area (Å²) >= 11 is 0. The second kappa shape index (κ2) is 4.67. The summed E-state index contributed by atoms with van der Waals surface area (Å²) in [5.41, 5.74) is 4.26. The molecule has 0 radical (unpaired) electrons. The second-order valence-electron chi connectivity index (χ2n) is 6.86. The highest BCUT2D eigenvalue weighted by atomic mass is 16.4. The summed E-state index contributed by atoms with van der Waals surface area (Å²) in [6.45, 7) is 0. The van der Waals surface area contributed by atoms with Crippen molar-refractivity contribution in [1.29, 1.82) is 0 Å². The van der Waals surface area contributed by atoms with E-state index in [1.807, 2.05) is 48.5 Å². The van der Waals surface area contributed by atoms with Gasteiger partial charge in [-0.05, 0) is 12.1 Å². The van der Waals surface area contributed by atoms with Crippen LogP contribution in [0.25, 0.3) is 43.6 Å². The van der Waals surface area contributed by atoms with Crippen LogP contribution < -0.4 is 10.4 Å². The van der Waals surface area contributed by atoms with Crippen molar-refractivity contribution in [3.8, 4) is 0 Å². The van der Waals surface area contributed by atoms with Gasteiger partial charge in [0.25, 0.3) is 5.91 Å². The summed E-state index contributed by atoms with van der Waals surface area (Å²) in [5.74, 6) is -1.70. The highest BCUT2D eigenvalue weighted by Gasteiger charge is 2.36. The van der Waals surface area contributed by atoms with Gasteiger partial charge < -0.3 is 25.2 Å². The Balaban J connectivity index is 1.98. The fourth-order valence-electron chi connectivity index (χ4n) is 4.43. The zero-order valence-corrected chi connectivity index (χ0v) is 13.9. The quantitative estimate of drug-likeness (QED) is 0.431. The van der Waals surface area contributed by atoms with Crippen LogP contribution in [0.2, 0.25) is 0 Å². The molecule has 2 aromatic heterocycles. The Morgan fingerprint density at radius 2 is 1.41 bits per heavy atom. The van der Waals surface area contributed by atoms with Gasteiger partial charge >= 0.3 is 0 Å². The molecule has 3 aromatic carbocycles. The molecule has 3 N–H and O–H groups in total.